The molecule has 1 heterocycles. The lowest BCUT2D eigenvalue weighted by Gasteiger charge is -2.11. The lowest BCUT2D eigenvalue weighted by molar-refractivity contribution is 0.0472. The molecule has 0 amide bonds. The lowest BCUT2D eigenvalue weighted by Crippen LogP contribution is -2.18. The van der Waals surface area contributed by atoms with Crippen LogP contribution in [0.1, 0.15) is 40.3 Å². The molecule has 1 aromatic heterocycles. The van der Waals surface area contributed by atoms with Crippen LogP contribution in [0.15, 0.2) is 54.6 Å². The minimum absolute atomic E-state index is 0.230. The number of ether oxygens (including phenoxy) is 2. The van der Waals surface area contributed by atoms with Gasteiger partial charge in [0.25, 0.3) is 0 Å². The van der Waals surface area contributed by atoms with Crippen molar-refractivity contribution in [2.75, 3.05) is 13.2 Å². The van der Waals surface area contributed by atoms with Crippen molar-refractivity contribution in [3.05, 3.63) is 71.4 Å². The van der Waals surface area contributed by atoms with Crippen molar-refractivity contribution in [1.29, 1.82) is 0 Å². The van der Waals surface area contributed by atoms with Gasteiger partial charge in [0, 0.05) is 17.4 Å². The molecule has 0 bridgehead atoms. The Morgan fingerprint density at radius 2 is 1.46 bits per heavy atom. The quantitative estimate of drug-likeness (QED) is 0.629. The van der Waals surface area contributed by atoms with E-state index in [0.717, 1.165) is 11.1 Å². The van der Waals surface area contributed by atoms with Crippen molar-refractivity contribution in [2.24, 2.45) is 0 Å². The van der Waals surface area contributed by atoms with Gasteiger partial charge in [-0.2, -0.15) is 0 Å². The fourth-order valence-corrected chi connectivity index (χ4v) is 3.06. The number of esters is 2. The summed E-state index contributed by atoms with van der Waals surface area (Å²) in [5, 5.41) is 0.685. The summed E-state index contributed by atoms with van der Waals surface area (Å²) >= 11 is 0. The molecular formula is C21H21NO4. The van der Waals surface area contributed by atoms with E-state index in [2.05, 4.69) is 0 Å². The van der Waals surface area contributed by atoms with Gasteiger partial charge in [0.2, 0.25) is 0 Å². The van der Waals surface area contributed by atoms with Crippen LogP contribution in [-0.4, -0.2) is 29.7 Å². The summed E-state index contributed by atoms with van der Waals surface area (Å²) < 4.78 is 12.3. The molecule has 0 N–H and O–H groups in total. The summed E-state index contributed by atoms with van der Waals surface area (Å²) in [7, 11) is 0. The number of hydrogen-bond acceptors (Lipinski definition) is 4. The molecule has 0 aliphatic carbocycles. The van der Waals surface area contributed by atoms with Gasteiger partial charge in [0.1, 0.15) is 11.3 Å². The third kappa shape index (κ3) is 3.33. The normalized spacial score (nSPS) is 10.7. The Bertz CT molecular complexity index is 928. The van der Waals surface area contributed by atoms with E-state index in [1.165, 1.54) is 0 Å². The molecule has 0 atom stereocenters. The fraction of sp³-hybridized carbons (Fsp3) is 0.238. The molecule has 3 aromatic rings. The molecule has 0 saturated heterocycles. The Morgan fingerprint density at radius 3 is 2.15 bits per heavy atom. The number of nitrogens with zero attached hydrogens (tertiary/aromatic N) is 1. The summed E-state index contributed by atoms with van der Waals surface area (Å²) in [6.45, 7) is 4.40. The Balaban J connectivity index is 2.25. The SMILES string of the molecule is CCOC(=O)c1c(C(=O)OCC)n(Cc2ccccc2)c2ccccc12. The van der Waals surface area contributed by atoms with Crippen molar-refractivity contribution in [3.63, 3.8) is 0 Å². The molecule has 134 valence electrons. The van der Waals surface area contributed by atoms with Crippen molar-refractivity contribution in [2.45, 2.75) is 20.4 Å². The first-order valence-corrected chi connectivity index (χ1v) is 8.66. The highest BCUT2D eigenvalue weighted by molar-refractivity contribution is 6.13. The van der Waals surface area contributed by atoms with E-state index in [-0.39, 0.29) is 24.5 Å². The van der Waals surface area contributed by atoms with Gasteiger partial charge in [-0.3, -0.25) is 0 Å². The number of benzene rings is 2. The van der Waals surface area contributed by atoms with Crippen LogP contribution in [0.25, 0.3) is 10.9 Å². The van der Waals surface area contributed by atoms with Crippen LogP contribution in [0.2, 0.25) is 0 Å². The standard InChI is InChI=1S/C21H21NO4/c1-3-25-20(23)18-16-12-8-9-13-17(16)22(19(18)21(24)26-4-2)14-15-10-6-5-7-11-15/h5-13H,3-4,14H2,1-2H3. The number of carbonyl (C=O) groups excluding carboxylic acids is 2. The smallest absolute Gasteiger partial charge is 0.355 e. The highest BCUT2D eigenvalue weighted by Gasteiger charge is 2.28. The van der Waals surface area contributed by atoms with Crippen LogP contribution in [-0.2, 0) is 16.0 Å². The Morgan fingerprint density at radius 1 is 0.846 bits per heavy atom. The molecule has 2 aromatic carbocycles. The zero-order valence-electron chi connectivity index (χ0n) is 14.9. The van der Waals surface area contributed by atoms with E-state index in [9.17, 15) is 9.59 Å². The van der Waals surface area contributed by atoms with E-state index in [1.54, 1.807) is 13.8 Å². The molecule has 26 heavy (non-hydrogen) atoms. The molecule has 0 aliphatic rings. The van der Waals surface area contributed by atoms with E-state index in [0.29, 0.717) is 11.9 Å². The fourth-order valence-electron chi connectivity index (χ4n) is 3.06. The highest BCUT2D eigenvalue weighted by atomic mass is 16.5. The van der Waals surface area contributed by atoms with Gasteiger partial charge in [-0.15, -0.1) is 0 Å². The summed E-state index contributed by atoms with van der Waals surface area (Å²) in [5.74, 6) is -1.04. The van der Waals surface area contributed by atoms with Crippen molar-refractivity contribution in [1.82, 2.24) is 4.57 Å². The average molecular weight is 351 g/mol. The van der Waals surface area contributed by atoms with E-state index < -0.39 is 11.9 Å². The number of rotatable bonds is 6. The Kier molecular flexibility index (Phi) is 5.37. The van der Waals surface area contributed by atoms with Crippen LogP contribution in [0.4, 0.5) is 0 Å². The first-order chi connectivity index (χ1) is 12.7. The maximum atomic E-state index is 12.7. The number of fused-ring (bicyclic) bond motifs is 1. The minimum atomic E-state index is -0.525. The summed E-state index contributed by atoms with van der Waals surface area (Å²) in [5.41, 5.74) is 2.31. The highest BCUT2D eigenvalue weighted by Crippen LogP contribution is 2.29. The van der Waals surface area contributed by atoms with Gasteiger partial charge >= 0.3 is 11.9 Å². The van der Waals surface area contributed by atoms with E-state index in [1.807, 2.05) is 59.2 Å². The van der Waals surface area contributed by atoms with Gasteiger partial charge in [0.05, 0.1) is 13.2 Å². The van der Waals surface area contributed by atoms with Crippen LogP contribution in [0.5, 0.6) is 0 Å². The summed E-state index contributed by atoms with van der Waals surface area (Å²) in [6, 6.07) is 17.2. The third-order valence-corrected chi connectivity index (χ3v) is 4.10. The Labute approximate surface area is 152 Å². The second kappa shape index (κ2) is 7.87. The van der Waals surface area contributed by atoms with Crippen LogP contribution >= 0.6 is 0 Å². The zero-order chi connectivity index (χ0) is 18.5. The number of hydrogen-bond donors (Lipinski definition) is 0. The molecule has 5 nitrogen and oxygen atoms in total. The van der Waals surface area contributed by atoms with Gasteiger partial charge < -0.3 is 14.0 Å². The molecule has 0 radical (unpaired) electrons. The van der Waals surface area contributed by atoms with Gasteiger partial charge in [-0.05, 0) is 25.5 Å². The average Bonchev–Trinajstić information content (AvgIpc) is 2.98. The van der Waals surface area contributed by atoms with Gasteiger partial charge in [-0.25, -0.2) is 9.59 Å². The Hall–Kier alpha value is -3.08. The molecule has 3 rings (SSSR count). The molecule has 0 spiro atoms. The monoisotopic (exact) mass is 351 g/mol. The lowest BCUT2D eigenvalue weighted by atomic mass is 10.1. The third-order valence-electron chi connectivity index (χ3n) is 4.10. The number of para-hydroxylation sites is 1. The van der Waals surface area contributed by atoms with Crippen LogP contribution in [0.3, 0.4) is 0 Å². The second-order valence-electron chi connectivity index (χ2n) is 5.75. The molecule has 0 fully saturated rings. The molecular weight excluding hydrogens is 330 g/mol. The zero-order valence-corrected chi connectivity index (χ0v) is 14.9. The summed E-state index contributed by atoms with van der Waals surface area (Å²) in [4.78, 5) is 25.3. The number of aromatic nitrogens is 1. The van der Waals surface area contributed by atoms with Crippen molar-refractivity contribution in [3.8, 4) is 0 Å². The molecule has 0 saturated carbocycles. The second-order valence-corrected chi connectivity index (χ2v) is 5.75. The molecule has 0 aliphatic heterocycles. The minimum Gasteiger partial charge on any atom is -0.462 e. The van der Waals surface area contributed by atoms with Crippen molar-refractivity contribution >= 4 is 22.8 Å². The summed E-state index contributed by atoms with van der Waals surface area (Å²) in [6.07, 6.45) is 0. The molecule has 0 unspecified atom stereocenters. The number of carbonyl (C=O) groups is 2. The van der Waals surface area contributed by atoms with Crippen LogP contribution in [0, 0.1) is 0 Å². The molecule has 5 heteroatoms. The van der Waals surface area contributed by atoms with Gasteiger partial charge in [0.15, 0.2) is 0 Å². The predicted molar refractivity (Wildman–Crippen MR) is 99.4 cm³/mol. The van der Waals surface area contributed by atoms with Gasteiger partial charge in [-0.1, -0.05) is 48.5 Å². The maximum Gasteiger partial charge on any atom is 0.355 e. The van der Waals surface area contributed by atoms with E-state index >= 15 is 0 Å². The van der Waals surface area contributed by atoms with Crippen molar-refractivity contribution < 1.29 is 19.1 Å². The first kappa shape index (κ1) is 17.7. The maximum absolute atomic E-state index is 12.7. The predicted octanol–water partition coefficient (Wildman–Crippen LogP) is 4.04. The van der Waals surface area contributed by atoms with Crippen LogP contribution < -0.4 is 0 Å². The first-order valence-electron chi connectivity index (χ1n) is 8.66. The topological polar surface area (TPSA) is 57.5 Å². The largest absolute Gasteiger partial charge is 0.462 e. The van der Waals surface area contributed by atoms with E-state index in [4.69, 9.17) is 9.47 Å².